The fraction of sp³-hybridized carbons (Fsp3) is 0.296. The van der Waals surface area contributed by atoms with Crippen molar-refractivity contribution in [2.45, 2.75) is 46.2 Å². The first-order chi connectivity index (χ1) is 14.8. The molecule has 4 heteroatoms. The molecule has 2 aromatic carbocycles. The molecule has 1 aliphatic heterocycles. The van der Waals surface area contributed by atoms with Crippen LogP contribution < -0.4 is 4.90 Å². The first kappa shape index (κ1) is 21.5. The third-order valence-corrected chi connectivity index (χ3v) is 6.44. The van der Waals surface area contributed by atoms with Crippen molar-refractivity contribution in [2.24, 2.45) is 0 Å². The van der Waals surface area contributed by atoms with E-state index in [0.717, 1.165) is 44.7 Å². The van der Waals surface area contributed by atoms with E-state index in [9.17, 15) is 0 Å². The van der Waals surface area contributed by atoms with Crippen molar-refractivity contribution in [2.75, 3.05) is 11.4 Å². The van der Waals surface area contributed by atoms with Crippen LogP contribution >= 0.6 is 12.4 Å². The van der Waals surface area contributed by atoms with Gasteiger partial charge in [0.25, 0.3) is 0 Å². The van der Waals surface area contributed by atoms with Crippen LogP contribution in [0.25, 0.3) is 10.9 Å². The zero-order valence-electron chi connectivity index (χ0n) is 18.3. The number of aryl methyl sites for hydroxylation is 1. The Kier molecular flexibility index (Phi) is 6.33. The third-order valence-electron chi connectivity index (χ3n) is 6.44. The number of fused-ring (bicyclic) bond motifs is 2. The summed E-state index contributed by atoms with van der Waals surface area (Å²) in [5, 5.41) is 1.34. The van der Waals surface area contributed by atoms with Crippen molar-refractivity contribution >= 4 is 29.1 Å². The smallest absolute Gasteiger partial charge is 0.138 e. The van der Waals surface area contributed by atoms with Crippen molar-refractivity contribution in [1.82, 2.24) is 9.55 Å². The molecular weight excluding hydrogens is 402 g/mol. The molecule has 0 saturated carbocycles. The molecule has 2 aromatic heterocycles. The van der Waals surface area contributed by atoms with Gasteiger partial charge >= 0.3 is 0 Å². The van der Waals surface area contributed by atoms with Crippen molar-refractivity contribution in [3.8, 4) is 0 Å². The minimum atomic E-state index is 0. The van der Waals surface area contributed by atoms with Gasteiger partial charge in [-0.2, -0.15) is 0 Å². The van der Waals surface area contributed by atoms with E-state index in [1.54, 1.807) is 0 Å². The molecule has 0 saturated heterocycles. The summed E-state index contributed by atoms with van der Waals surface area (Å²) in [6.45, 7) is 7.54. The number of rotatable bonds is 5. The summed E-state index contributed by atoms with van der Waals surface area (Å²) < 4.78 is 2.50. The first-order valence-electron chi connectivity index (χ1n) is 11.1. The SMILES string of the molecule is CCCn1c(C)c(Cc2ccccc2)c2c(N3CCc4ccccc4C3)nccc21.Cl. The van der Waals surface area contributed by atoms with E-state index < -0.39 is 0 Å². The van der Waals surface area contributed by atoms with Gasteiger partial charge in [-0.1, -0.05) is 61.5 Å². The average molecular weight is 432 g/mol. The van der Waals surface area contributed by atoms with Crippen molar-refractivity contribution in [3.63, 3.8) is 0 Å². The van der Waals surface area contributed by atoms with E-state index in [2.05, 4.69) is 84.0 Å². The minimum absolute atomic E-state index is 0. The third kappa shape index (κ3) is 3.95. The summed E-state index contributed by atoms with van der Waals surface area (Å²) in [4.78, 5) is 7.41. The van der Waals surface area contributed by atoms with E-state index >= 15 is 0 Å². The maximum Gasteiger partial charge on any atom is 0.138 e. The Bertz CT molecular complexity index is 1180. The topological polar surface area (TPSA) is 21.1 Å². The number of anilines is 1. The Labute approximate surface area is 191 Å². The molecular formula is C27H30ClN3. The van der Waals surface area contributed by atoms with E-state index in [1.165, 1.54) is 38.9 Å². The molecule has 0 fully saturated rings. The van der Waals surface area contributed by atoms with Crippen molar-refractivity contribution in [1.29, 1.82) is 0 Å². The summed E-state index contributed by atoms with van der Waals surface area (Å²) in [5.41, 5.74) is 8.38. The molecule has 1 aliphatic rings. The van der Waals surface area contributed by atoms with Gasteiger partial charge < -0.3 is 9.47 Å². The fourth-order valence-corrected chi connectivity index (χ4v) is 4.92. The van der Waals surface area contributed by atoms with Crippen LogP contribution in [0.2, 0.25) is 0 Å². The van der Waals surface area contributed by atoms with E-state index in [1.807, 2.05) is 6.20 Å². The Morgan fingerprint density at radius 2 is 1.68 bits per heavy atom. The Hall–Kier alpha value is -2.78. The van der Waals surface area contributed by atoms with Crippen LogP contribution in [-0.2, 0) is 25.9 Å². The molecule has 0 N–H and O–H groups in total. The lowest BCUT2D eigenvalue weighted by atomic mass is 9.98. The zero-order valence-corrected chi connectivity index (χ0v) is 19.2. The van der Waals surface area contributed by atoms with Crippen LogP contribution in [0.5, 0.6) is 0 Å². The number of nitrogens with zero attached hydrogens (tertiary/aromatic N) is 3. The van der Waals surface area contributed by atoms with Gasteiger partial charge in [0.2, 0.25) is 0 Å². The van der Waals surface area contributed by atoms with Crippen LogP contribution in [0, 0.1) is 6.92 Å². The summed E-state index contributed by atoms with van der Waals surface area (Å²) in [6.07, 6.45) is 5.15. The molecule has 160 valence electrons. The molecule has 0 radical (unpaired) electrons. The molecule has 0 aliphatic carbocycles. The second kappa shape index (κ2) is 9.15. The summed E-state index contributed by atoms with van der Waals surface area (Å²) in [5.74, 6) is 1.14. The minimum Gasteiger partial charge on any atom is -0.351 e. The highest BCUT2D eigenvalue weighted by Gasteiger charge is 2.23. The molecule has 4 aromatic rings. The summed E-state index contributed by atoms with van der Waals surface area (Å²) in [6, 6.07) is 21.9. The number of hydrogen-bond donors (Lipinski definition) is 0. The second-order valence-corrected chi connectivity index (χ2v) is 8.35. The lowest BCUT2D eigenvalue weighted by Gasteiger charge is -2.30. The van der Waals surface area contributed by atoms with E-state index in [0.29, 0.717) is 0 Å². The van der Waals surface area contributed by atoms with Crippen LogP contribution in [0.3, 0.4) is 0 Å². The van der Waals surface area contributed by atoms with Gasteiger partial charge in [-0.15, -0.1) is 12.4 Å². The van der Waals surface area contributed by atoms with Gasteiger partial charge in [-0.3, -0.25) is 0 Å². The maximum absolute atomic E-state index is 4.93. The number of aromatic nitrogens is 2. The summed E-state index contributed by atoms with van der Waals surface area (Å²) >= 11 is 0. The largest absolute Gasteiger partial charge is 0.351 e. The lowest BCUT2D eigenvalue weighted by Crippen LogP contribution is -2.31. The summed E-state index contributed by atoms with van der Waals surface area (Å²) in [7, 11) is 0. The van der Waals surface area contributed by atoms with Gasteiger partial charge in [0.15, 0.2) is 0 Å². The molecule has 31 heavy (non-hydrogen) atoms. The van der Waals surface area contributed by atoms with Crippen molar-refractivity contribution < 1.29 is 0 Å². The number of halogens is 1. The van der Waals surface area contributed by atoms with Crippen molar-refractivity contribution in [3.05, 3.63) is 94.8 Å². The Morgan fingerprint density at radius 3 is 2.45 bits per heavy atom. The molecule has 3 heterocycles. The predicted octanol–water partition coefficient (Wildman–Crippen LogP) is 6.33. The first-order valence-corrected chi connectivity index (χ1v) is 11.1. The molecule has 0 bridgehead atoms. The number of pyridine rings is 1. The molecule has 0 atom stereocenters. The number of benzene rings is 2. The standard InChI is InChI=1S/C27H29N3.ClH/c1-3-16-30-20(2)24(18-21-9-5-4-6-10-21)26-25(30)13-15-28-27(26)29-17-14-22-11-7-8-12-23(22)19-29;/h4-13,15H,3,14,16-19H2,1-2H3;1H. The molecule has 5 rings (SSSR count). The molecule has 0 amide bonds. The molecule has 0 spiro atoms. The Balaban J connectivity index is 0.00000231. The van der Waals surface area contributed by atoms with Gasteiger partial charge in [0, 0.05) is 36.9 Å². The van der Waals surface area contributed by atoms with Gasteiger partial charge in [-0.05, 0) is 54.5 Å². The number of hydrogen-bond acceptors (Lipinski definition) is 2. The quantitative estimate of drug-likeness (QED) is 0.368. The highest BCUT2D eigenvalue weighted by Crippen LogP contribution is 2.36. The molecule has 0 unspecified atom stereocenters. The second-order valence-electron chi connectivity index (χ2n) is 8.35. The van der Waals surface area contributed by atoms with Crippen LogP contribution in [0.1, 0.15) is 41.3 Å². The van der Waals surface area contributed by atoms with Gasteiger partial charge in [0.05, 0.1) is 5.52 Å². The predicted molar refractivity (Wildman–Crippen MR) is 132 cm³/mol. The van der Waals surface area contributed by atoms with Crippen LogP contribution in [-0.4, -0.2) is 16.1 Å². The maximum atomic E-state index is 4.93. The lowest BCUT2D eigenvalue weighted by molar-refractivity contribution is 0.682. The Morgan fingerprint density at radius 1 is 0.935 bits per heavy atom. The van der Waals surface area contributed by atoms with E-state index in [4.69, 9.17) is 4.98 Å². The van der Waals surface area contributed by atoms with Crippen LogP contribution in [0.15, 0.2) is 66.9 Å². The highest BCUT2D eigenvalue weighted by atomic mass is 35.5. The zero-order chi connectivity index (χ0) is 20.5. The molecule has 3 nitrogen and oxygen atoms in total. The highest BCUT2D eigenvalue weighted by molar-refractivity contribution is 5.95. The van der Waals surface area contributed by atoms with Gasteiger partial charge in [-0.25, -0.2) is 4.98 Å². The normalized spacial score (nSPS) is 13.2. The average Bonchev–Trinajstić information content (AvgIpc) is 3.06. The van der Waals surface area contributed by atoms with Gasteiger partial charge in [0.1, 0.15) is 5.82 Å². The fourth-order valence-electron chi connectivity index (χ4n) is 4.92. The monoisotopic (exact) mass is 431 g/mol. The van der Waals surface area contributed by atoms with Crippen LogP contribution in [0.4, 0.5) is 5.82 Å². The van der Waals surface area contributed by atoms with E-state index in [-0.39, 0.29) is 12.4 Å².